The molecule has 0 spiro atoms. The number of H-pyrrole nitrogens is 1. The van der Waals surface area contributed by atoms with Crippen LogP contribution in [0.5, 0.6) is 0 Å². The highest BCUT2D eigenvalue weighted by molar-refractivity contribution is 7.06. The molecule has 0 fully saturated rings. The van der Waals surface area contributed by atoms with Crippen molar-refractivity contribution in [3.63, 3.8) is 0 Å². The summed E-state index contributed by atoms with van der Waals surface area (Å²) in [5.41, 5.74) is 0.0986. The van der Waals surface area contributed by atoms with Crippen LogP contribution in [0.3, 0.4) is 0 Å². The van der Waals surface area contributed by atoms with Gasteiger partial charge in [-0.15, -0.1) is 0 Å². The van der Waals surface area contributed by atoms with Crippen LogP contribution < -0.4 is 5.56 Å². The van der Waals surface area contributed by atoms with Gasteiger partial charge in [-0.25, -0.2) is 4.79 Å². The van der Waals surface area contributed by atoms with E-state index in [4.69, 9.17) is 4.74 Å². The van der Waals surface area contributed by atoms with Gasteiger partial charge in [0, 0.05) is 17.3 Å². The van der Waals surface area contributed by atoms with Crippen LogP contribution in [-0.4, -0.2) is 27.5 Å². The summed E-state index contributed by atoms with van der Waals surface area (Å²) in [7, 11) is 0. The van der Waals surface area contributed by atoms with Crippen molar-refractivity contribution in [3.8, 4) is 0 Å². The minimum absolute atomic E-state index is 0.0879. The van der Waals surface area contributed by atoms with Crippen LogP contribution >= 0.6 is 11.5 Å². The van der Waals surface area contributed by atoms with E-state index in [1.165, 1.54) is 11.5 Å². The fourth-order valence-electron chi connectivity index (χ4n) is 2.02. The van der Waals surface area contributed by atoms with Crippen LogP contribution in [0, 0.1) is 0 Å². The first kappa shape index (κ1) is 13.1. The van der Waals surface area contributed by atoms with Crippen molar-refractivity contribution in [2.24, 2.45) is 0 Å². The predicted molar refractivity (Wildman–Crippen MR) is 70.0 cm³/mol. The van der Waals surface area contributed by atoms with Crippen LogP contribution in [0.25, 0.3) is 0 Å². The van der Waals surface area contributed by atoms with E-state index in [1.807, 2.05) is 27.7 Å². The lowest BCUT2D eigenvalue weighted by Crippen LogP contribution is -2.41. The number of ether oxygens (including phenoxy) is 1. The van der Waals surface area contributed by atoms with E-state index in [9.17, 15) is 9.59 Å². The summed E-state index contributed by atoms with van der Waals surface area (Å²) in [6.07, 6.45) is -0.356. The number of fused-ring (bicyclic) bond motifs is 1. The lowest BCUT2D eigenvalue weighted by molar-refractivity contribution is 0.0210. The fourth-order valence-corrected chi connectivity index (χ4v) is 2.90. The Kier molecular flexibility index (Phi) is 3.23. The fraction of sp³-hybridized carbons (Fsp3) is 0.667. The third-order valence-corrected chi connectivity index (χ3v) is 3.92. The quantitative estimate of drug-likeness (QED) is 0.786. The number of nitrogens with zero attached hydrogens (tertiary/aromatic N) is 1. The van der Waals surface area contributed by atoms with Gasteiger partial charge >= 0.3 is 6.09 Å². The first-order chi connectivity index (χ1) is 8.28. The number of nitrogens with one attached hydrogen (secondary N) is 1. The Morgan fingerprint density at radius 1 is 1.50 bits per heavy atom. The number of aromatic nitrogens is 1. The Bertz CT molecular complexity index is 512. The summed E-state index contributed by atoms with van der Waals surface area (Å²) in [6, 6.07) is 0. The molecule has 18 heavy (non-hydrogen) atoms. The van der Waals surface area contributed by atoms with E-state index in [0.29, 0.717) is 18.7 Å². The molecule has 1 aromatic rings. The molecular weight excluding hydrogens is 252 g/mol. The second-order valence-corrected chi connectivity index (χ2v) is 6.49. The highest BCUT2D eigenvalue weighted by Gasteiger charge is 2.31. The van der Waals surface area contributed by atoms with Gasteiger partial charge in [0.2, 0.25) is 0 Å². The molecule has 0 saturated heterocycles. The molecule has 0 aliphatic carbocycles. The Balaban J connectivity index is 2.18. The van der Waals surface area contributed by atoms with E-state index < -0.39 is 5.60 Å². The Hall–Kier alpha value is -1.30. The molecule has 100 valence electrons. The molecule has 6 heteroatoms. The van der Waals surface area contributed by atoms with Gasteiger partial charge in [0.15, 0.2) is 0 Å². The van der Waals surface area contributed by atoms with Crippen molar-refractivity contribution in [1.82, 2.24) is 9.27 Å². The van der Waals surface area contributed by atoms with E-state index in [-0.39, 0.29) is 17.6 Å². The number of hydrogen-bond acceptors (Lipinski definition) is 4. The second kappa shape index (κ2) is 4.42. The van der Waals surface area contributed by atoms with E-state index in [1.54, 1.807) is 4.90 Å². The SMILES string of the molecule is C[C@@H]1CN(C(=O)OC(C)(C)C)Cc2c1s[nH]c2=O. The lowest BCUT2D eigenvalue weighted by atomic mass is 10.0. The minimum Gasteiger partial charge on any atom is -0.444 e. The first-order valence-electron chi connectivity index (χ1n) is 5.96. The summed E-state index contributed by atoms with van der Waals surface area (Å²) >= 11 is 1.37. The largest absolute Gasteiger partial charge is 0.444 e. The zero-order valence-electron chi connectivity index (χ0n) is 11.1. The molecule has 1 aromatic heterocycles. The van der Waals surface area contributed by atoms with Gasteiger partial charge in [0.25, 0.3) is 5.56 Å². The number of carbonyl (C=O) groups is 1. The maximum Gasteiger partial charge on any atom is 0.410 e. The molecule has 5 nitrogen and oxygen atoms in total. The van der Waals surface area contributed by atoms with Crippen LogP contribution in [0.1, 0.15) is 44.1 Å². The molecular formula is C12H18N2O3S. The second-order valence-electron chi connectivity index (χ2n) is 5.64. The molecule has 1 atom stereocenters. The molecule has 1 amide bonds. The van der Waals surface area contributed by atoms with Gasteiger partial charge in [-0.05, 0) is 20.8 Å². The molecule has 1 aliphatic rings. The average molecular weight is 270 g/mol. The smallest absolute Gasteiger partial charge is 0.410 e. The topological polar surface area (TPSA) is 62.4 Å². The van der Waals surface area contributed by atoms with Crippen molar-refractivity contribution >= 4 is 17.6 Å². The molecule has 0 radical (unpaired) electrons. The first-order valence-corrected chi connectivity index (χ1v) is 6.78. The number of rotatable bonds is 0. The van der Waals surface area contributed by atoms with E-state index in [0.717, 1.165) is 4.88 Å². The number of carbonyl (C=O) groups excluding carboxylic acids is 1. The standard InChI is InChI=1S/C12H18N2O3S/c1-7-5-14(11(16)17-12(2,3)4)6-8-9(7)18-13-10(8)15/h7H,5-6H2,1-4H3,(H,13,15)/t7-/m1/s1. The van der Waals surface area contributed by atoms with Crippen LogP contribution in [0.15, 0.2) is 4.79 Å². The lowest BCUT2D eigenvalue weighted by Gasteiger charge is -2.32. The predicted octanol–water partition coefficient (Wildman–Crippen LogP) is 2.29. The molecule has 0 aromatic carbocycles. The van der Waals surface area contributed by atoms with Crippen molar-refractivity contribution in [2.45, 2.75) is 45.8 Å². The summed E-state index contributed by atoms with van der Waals surface area (Å²) in [6.45, 7) is 8.45. The van der Waals surface area contributed by atoms with Crippen molar-refractivity contribution in [3.05, 3.63) is 20.8 Å². The molecule has 1 aliphatic heterocycles. The summed E-state index contributed by atoms with van der Waals surface area (Å²) < 4.78 is 8.06. The minimum atomic E-state index is -0.512. The normalized spacial score (nSPS) is 19.6. The Morgan fingerprint density at radius 2 is 2.17 bits per heavy atom. The highest BCUT2D eigenvalue weighted by atomic mass is 32.1. The van der Waals surface area contributed by atoms with E-state index in [2.05, 4.69) is 4.37 Å². The Labute approximate surface area is 110 Å². The number of amides is 1. The van der Waals surface area contributed by atoms with Gasteiger partial charge in [-0.2, -0.15) is 0 Å². The van der Waals surface area contributed by atoms with Crippen LogP contribution in [0.4, 0.5) is 4.79 Å². The molecule has 1 N–H and O–H groups in total. The van der Waals surface area contributed by atoms with Crippen LogP contribution in [-0.2, 0) is 11.3 Å². The summed E-state index contributed by atoms with van der Waals surface area (Å²) in [5, 5.41) is 0. The van der Waals surface area contributed by atoms with Crippen molar-refractivity contribution < 1.29 is 9.53 Å². The zero-order valence-corrected chi connectivity index (χ0v) is 11.9. The third-order valence-electron chi connectivity index (χ3n) is 2.77. The van der Waals surface area contributed by atoms with Crippen LogP contribution in [0.2, 0.25) is 0 Å². The van der Waals surface area contributed by atoms with Gasteiger partial charge < -0.3 is 9.64 Å². The Morgan fingerprint density at radius 3 is 2.78 bits per heavy atom. The van der Waals surface area contributed by atoms with Crippen molar-refractivity contribution in [2.75, 3.05) is 6.54 Å². The monoisotopic (exact) mass is 270 g/mol. The molecule has 2 heterocycles. The third kappa shape index (κ3) is 2.58. The molecule has 0 bridgehead atoms. The van der Waals surface area contributed by atoms with Gasteiger partial charge in [-0.1, -0.05) is 18.5 Å². The molecule has 0 saturated carbocycles. The summed E-state index contributed by atoms with van der Waals surface area (Å²) in [4.78, 5) is 26.3. The highest BCUT2D eigenvalue weighted by Crippen LogP contribution is 2.29. The molecule has 2 rings (SSSR count). The summed E-state index contributed by atoms with van der Waals surface area (Å²) in [5.74, 6) is 0.171. The van der Waals surface area contributed by atoms with Gasteiger partial charge in [-0.3, -0.25) is 9.17 Å². The van der Waals surface area contributed by atoms with Crippen molar-refractivity contribution in [1.29, 1.82) is 0 Å². The average Bonchev–Trinajstić information content (AvgIpc) is 2.58. The van der Waals surface area contributed by atoms with E-state index >= 15 is 0 Å². The van der Waals surface area contributed by atoms with Gasteiger partial charge in [0.05, 0.1) is 12.1 Å². The molecule has 0 unspecified atom stereocenters. The zero-order chi connectivity index (χ0) is 13.5. The number of hydrogen-bond donors (Lipinski definition) is 1. The number of aromatic amines is 1. The maximum atomic E-state index is 12.0. The maximum absolute atomic E-state index is 12.0. The van der Waals surface area contributed by atoms with Gasteiger partial charge in [0.1, 0.15) is 5.60 Å².